The minimum Gasteiger partial charge on any atom is -0.506 e. The van der Waals surface area contributed by atoms with Crippen LogP contribution in [0, 0.1) is 0 Å². The van der Waals surface area contributed by atoms with Crippen molar-refractivity contribution in [3.05, 3.63) is 27.8 Å². The first kappa shape index (κ1) is 9.81. The van der Waals surface area contributed by atoms with Gasteiger partial charge in [-0.3, -0.25) is 0 Å². The third-order valence-electron chi connectivity index (χ3n) is 2.85. The maximum atomic E-state index is 9.66. The molecule has 0 saturated heterocycles. The smallest absolute Gasteiger partial charge is 0.139 e. The van der Waals surface area contributed by atoms with Gasteiger partial charge in [-0.2, -0.15) is 0 Å². The van der Waals surface area contributed by atoms with Gasteiger partial charge in [0.2, 0.25) is 0 Å². The molecule has 0 amide bonds. The van der Waals surface area contributed by atoms with Crippen LogP contribution in [0.5, 0.6) is 5.75 Å². The van der Waals surface area contributed by atoms with Gasteiger partial charge in [-0.25, -0.2) is 0 Å². The Balaban J connectivity index is 2.60. The van der Waals surface area contributed by atoms with Crippen LogP contribution in [0.15, 0.2) is 6.07 Å². The summed E-state index contributed by atoms with van der Waals surface area (Å²) in [4.78, 5) is 0. The Kier molecular flexibility index (Phi) is 2.66. The summed E-state index contributed by atoms with van der Waals surface area (Å²) in [6, 6.07) is 1.82. The molecule has 0 heterocycles. The third kappa shape index (κ3) is 1.49. The van der Waals surface area contributed by atoms with Crippen LogP contribution in [0.25, 0.3) is 0 Å². The third-order valence-corrected chi connectivity index (χ3v) is 3.13. The number of rotatable bonds is 1. The molecule has 0 saturated carbocycles. The lowest BCUT2D eigenvalue weighted by molar-refractivity contribution is 0.273. The second-order valence-electron chi connectivity index (χ2n) is 3.69. The van der Waals surface area contributed by atoms with Crippen molar-refractivity contribution in [2.75, 3.05) is 0 Å². The molecule has 0 unspecified atom stereocenters. The molecule has 0 bridgehead atoms. The summed E-state index contributed by atoms with van der Waals surface area (Å²) in [5.74, 6) is 0.0508. The number of aromatic hydroxyl groups is 1. The molecule has 2 N–H and O–H groups in total. The molecule has 76 valence electrons. The molecule has 2 rings (SSSR count). The largest absolute Gasteiger partial charge is 0.506 e. The van der Waals surface area contributed by atoms with E-state index in [0.29, 0.717) is 10.6 Å². The topological polar surface area (TPSA) is 40.5 Å². The zero-order valence-corrected chi connectivity index (χ0v) is 8.64. The van der Waals surface area contributed by atoms with Gasteiger partial charge >= 0.3 is 0 Å². The van der Waals surface area contributed by atoms with Gasteiger partial charge in [0.1, 0.15) is 5.75 Å². The number of fused-ring (bicyclic) bond motifs is 1. The van der Waals surface area contributed by atoms with E-state index in [1.54, 1.807) is 0 Å². The second-order valence-corrected chi connectivity index (χ2v) is 4.10. The summed E-state index contributed by atoms with van der Waals surface area (Å²) in [5.41, 5.74) is 2.90. The standard InChI is InChI=1S/C11H13ClO2/c12-10-5-7-3-1-2-4-8(7)9(6-13)11(10)14/h5,13-14H,1-4,6H2. The molecule has 0 fully saturated rings. The monoisotopic (exact) mass is 212 g/mol. The van der Waals surface area contributed by atoms with Crippen LogP contribution >= 0.6 is 11.6 Å². The van der Waals surface area contributed by atoms with Crippen molar-refractivity contribution >= 4 is 11.6 Å². The Morgan fingerprint density at radius 2 is 2.00 bits per heavy atom. The molecule has 3 heteroatoms. The van der Waals surface area contributed by atoms with Crippen LogP contribution in [0.2, 0.25) is 5.02 Å². The molecule has 2 nitrogen and oxygen atoms in total. The zero-order chi connectivity index (χ0) is 10.1. The predicted octanol–water partition coefficient (Wildman–Crippen LogP) is 2.42. The van der Waals surface area contributed by atoms with Crippen LogP contribution in [-0.2, 0) is 19.4 Å². The quantitative estimate of drug-likeness (QED) is 0.751. The Labute approximate surface area is 88.1 Å². The van der Waals surface area contributed by atoms with E-state index in [2.05, 4.69) is 0 Å². The second kappa shape index (κ2) is 3.79. The van der Waals surface area contributed by atoms with E-state index in [0.717, 1.165) is 24.8 Å². The average Bonchev–Trinajstić information content (AvgIpc) is 2.20. The highest BCUT2D eigenvalue weighted by Gasteiger charge is 2.18. The highest BCUT2D eigenvalue weighted by Crippen LogP contribution is 2.36. The first-order chi connectivity index (χ1) is 6.74. The summed E-state index contributed by atoms with van der Waals surface area (Å²) < 4.78 is 0. The van der Waals surface area contributed by atoms with Crippen molar-refractivity contribution in [1.82, 2.24) is 0 Å². The molecule has 1 aromatic rings. The van der Waals surface area contributed by atoms with Crippen molar-refractivity contribution in [3.63, 3.8) is 0 Å². The Morgan fingerprint density at radius 3 is 2.71 bits per heavy atom. The van der Waals surface area contributed by atoms with Gasteiger partial charge in [0.25, 0.3) is 0 Å². The molecule has 1 aromatic carbocycles. The van der Waals surface area contributed by atoms with E-state index in [1.807, 2.05) is 6.07 Å². The van der Waals surface area contributed by atoms with Gasteiger partial charge in [0, 0.05) is 5.56 Å². The summed E-state index contributed by atoms with van der Waals surface area (Å²) in [6.07, 6.45) is 4.23. The Morgan fingerprint density at radius 1 is 1.29 bits per heavy atom. The van der Waals surface area contributed by atoms with Crippen LogP contribution in [0.1, 0.15) is 29.5 Å². The summed E-state index contributed by atoms with van der Waals surface area (Å²) in [7, 11) is 0. The van der Waals surface area contributed by atoms with Gasteiger partial charge in [0.15, 0.2) is 0 Å². The summed E-state index contributed by atoms with van der Waals surface area (Å²) in [6.45, 7) is -0.130. The van der Waals surface area contributed by atoms with E-state index in [-0.39, 0.29) is 12.4 Å². The number of hydrogen-bond acceptors (Lipinski definition) is 2. The zero-order valence-electron chi connectivity index (χ0n) is 7.89. The summed E-state index contributed by atoms with van der Waals surface area (Å²) in [5, 5.41) is 19.2. The van der Waals surface area contributed by atoms with Gasteiger partial charge in [0.05, 0.1) is 11.6 Å². The van der Waals surface area contributed by atoms with Gasteiger partial charge < -0.3 is 10.2 Å². The van der Waals surface area contributed by atoms with Crippen molar-refractivity contribution < 1.29 is 10.2 Å². The Hall–Kier alpha value is -0.730. The van der Waals surface area contributed by atoms with Crippen LogP contribution in [0.3, 0.4) is 0 Å². The maximum Gasteiger partial charge on any atom is 0.139 e. The predicted molar refractivity (Wildman–Crippen MR) is 55.7 cm³/mol. The van der Waals surface area contributed by atoms with E-state index in [1.165, 1.54) is 12.0 Å². The van der Waals surface area contributed by atoms with Crippen LogP contribution < -0.4 is 0 Å². The first-order valence-corrected chi connectivity index (χ1v) is 5.24. The molecule has 0 spiro atoms. The fraction of sp³-hybridized carbons (Fsp3) is 0.455. The Bertz CT molecular complexity index is 361. The van der Waals surface area contributed by atoms with Gasteiger partial charge in [-0.05, 0) is 42.9 Å². The van der Waals surface area contributed by atoms with E-state index >= 15 is 0 Å². The van der Waals surface area contributed by atoms with E-state index in [9.17, 15) is 10.2 Å². The average molecular weight is 213 g/mol. The van der Waals surface area contributed by atoms with Crippen molar-refractivity contribution in [2.24, 2.45) is 0 Å². The number of hydrogen-bond donors (Lipinski definition) is 2. The molecular weight excluding hydrogens is 200 g/mol. The molecule has 0 radical (unpaired) electrons. The van der Waals surface area contributed by atoms with Gasteiger partial charge in [-0.1, -0.05) is 11.6 Å². The number of aliphatic hydroxyl groups excluding tert-OH is 1. The minimum absolute atomic E-state index is 0.0508. The SMILES string of the molecule is OCc1c(O)c(Cl)cc2c1CCCC2. The number of phenols is 1. The molecule has 0 aromatic heterocycles. The van der Waals surface area contributed by atoms with Crippen molar-refractivity contribution in [2.45, 2.75) is 32.3 Å². The highest BCUT2D eigenvalue weighted by molar-refractivity contribution is 6.32. The fourth-order valence-electron chi connectivity index (χ4n) is 2.11. The normalized spacial score (nSPS) is 15.3. The van der Waals surface area contributed by atoms with E-state index in [4.69, 9.17) is 11.6 Å². The molecule has 0 aliphatic heterocycles. The van der Waals surface area contributed by atoms with Gasteiger partial charge in [-0.15, -0.1) is 0 Å². The molecule has 0 atom stereocenters. The number of aryl methyl sites for hydroxylation is 1. The molecule has 1 aliphatic carbocycles. The maximum absolute atomic E-state index is 9.66. The number of aliphatic hydroxyl groups is 1. The molecular formula is C11H13ClO2. The van der Waals surface area contributed by atoms with Crippen LogP contribution in [0.4, 0.5) is 0 Å². The van der Waals surface area contributed by atoms with Crippen LogP contribution in [-0.4, -0.2) is 10.2 Å². The molecule has 1 aliphatic rings. The van der Waals surface area contributed by atoms with E-state index < -0.39 is 0 Å². The highest BCUT2D eigenvalue weighted by atomic mass is 35.5. The lowest BCUT2D eigenvalue weighted by Crippen LogP contribution is -2.07. The lowest BCUT2D eigenvalue weighted by atomic mass is 9.88. The summed E-state index contributed by atoms with van der Waals surface area (Å²) >= 11 is 5.87. The van der Waals surface area contributed by atoms with Crippen molar-refractivity contribution in [3.8, 4) is 5.75 Å². The fourth-order valence-corrected chi connectivity index (χ4v) is 2.36. The molecule has 14 heavy (non-hydrogen) atoms. The number of benzene rings is 1. The first-order valence-electron chi connectivity index (χ1n) is 4.87. The minimum atomic E-state index is -0.130. The lowest BCUT2D eigenvalue weighted by Gasteiger charge is -2.20. The number of halogens is 1. The van der Waals surface area contributed by atoms with Crippen molar-refractivity contribution in [1.29, 1.82) is 0 Å².